The van der Waals surface area contributed by atoms with Crippen LogP contribution in [-0.4, -0.2) is 57.5 Å². The third-order valence-corrected chi connectivity index (χ3v) is 6.95. The highest BCUT2D eigenvalue weighted by atomic mass is 35.5. The maximum absolute atomic E-state index is 12.8. The number of ether oxygens (including phenoxy) is 2. The summed E-state index contributed by atoms with van der Waals surface area (Å²) in [6, 6.07) is 8.16. The summed E-state index contributed by atoms with van der Waals surface area (Å²) in [5.74, 6) is -1.47. The minimum atomic E-state index is -3.77. The van der Waals surface area contributed by atoms with Gasteiger partial charge in [-0.2, -0.15) is 4.31 Å². The van der Waals surface area contributed by atoms with Crippen molar-refractivity contribution in [3.05, 3.63) is 52.0 Å². The Labute approximate surface area is 189 Å². The number of carbonyl (C=O) groups excluding carboxylic acids is 2. The van der Waals surface area contributed by atoms with Crippen molar-refractivity contribution in [2.45, 2.75) is 4.90 Å². The third kappa shape index (κ3) is 5.66. The van der Waals surface area contributed by atoms with E-state index in [-0.39, 0.29) is 45.0 Å². The molecule has 166 valence electrons. The van der Waals surface area contributed by atoms with Crippen LogP contribution in [0.2, 0.25) is 10.0 Å². The quantitative estimate of drug-likeness (QED) is 0.472. The van der Waals surface area contributed by atoms with Crippen molar-refractivity contribution in [1.82, 2.24) is 4.31 Å². The Morgan fingerprint density at radius 3 is 2.45 bits per heavy atom. The summed E-state index contributed by atoms with van der Waals surface area (Å²) >= 11 is 11.9. The molecule has 0 radical (unpaired) electrons. The van der Waals surface area contributed by atoms with Gasteiger partial charge in [-0.3, -0.25) is 4.79 Å². The number of carbonyl (C=O) groups is 2. The Hall–Kier alpha value is -2.37. The van der Waals surface area contributed by atoms with Crippen LogP contribution in [0.15, 0.2) is 41.3 Å². The lowest BCUT2D eigenvalue weighted by Crippen LogP contribution is -2.40. The van der Waals surface area contributed by atoms with E-state index in [9.17, 15) is 18.0 Å². The summed E-state index contributed by atoms with van der Waals surface area (Å²) in [6.07, 6.45) is 0. The van der Waals surface area contributed by atoms with E-state index < -0.39 is 28.5 Å². The van der Waals surface area contributed by atoms with Crippen LogP contribution in [0.5, 0.6) is 0 Å². The Morgan fingerprint density at radius 1 is 1.10 bits per heavy atom. The van der Waals surface area contributed by atoms with Crippen LogP contribution >= 0.6 is 23.2 Å². The number of nitrogen functional groups attached to an aromatic ring is 1. The van der Waals surface area contributed by atoms with E-state index in [1.54, 1.807) is 0 Å². The average Bonchev–Trinajstić information content (AvgIpc) is 2.76. The van der Waals surface area contributed by atoms with Crippen molar-refractivity contribution < 1.29 is 27.5 Å². The Bertz CT molecular complexity index is 1100. The molecule has 0 atom stereocenters. The SMILES string of the molecule is Nc1cc(C(=O)OCC(=O)Nc2cc(S(=O)(=O)N3CCOCC3)ccc2Cl)ccc1Cl. The van der Waals surface area contributed by atoms with E-state index >= 15 is 0 Å². The van der Waals surface area contributed by atoms with Gasteiger partial charge in [-0.1, -0.05) is 23.2 Å². The van der Waals surface area contributed by atoms with Crippen LogP contribution in [0.25, 0.3) is 0 Å². The standard InChI is InChI=1S/C19H19Cl2N3O6S/c20-14-3-1-12(9-16(14)22)19(26)30-11-18(25)23-17-10-13(2-4-15(17)21)31(27,28)24-5-7-29-8-6-24/h1-4,9-10H,5-8,11,22H2,(H,23,25). The molecule has 9 nitrogen and oxygen atoms in total. The minimum absolute atomic E-state index is 0.0252. The number of nitrogens with one attached hydrogen (secondary N) is 1. The summed E-state index contributed by atoms with van der Waals surface area (Å²) in [7, 11) is -3.77. The van der Waals surface area contributed by atoms with E-state index in [4.69, 9.17) is 38.4 Å². The third-order valence-electron chi connectivity index (χ3n) is 4.39. The predicted octanol–water partition coefficient (Wildman–Crippen LogP) is 2.39. The number of hydrogen-bond acceptors (Lipinski definition) is 7. The first-order valence-electron chi connectivity index (χ1n) is 9.08. The maximum atomic E-state index is 12.8. The number of nitrogens with two attached hydrogens (primary N) is 1. The fourth-order valence-corrected chi connectivity index (χ4v) is 4.49. The zero-order chi connectivity index (χ0) is 22.6. The molecule has 0 unspecified atom stereocenters. The molecule has 3 rings (SSSR count). The molecule has 2 aromatic rings. The molecule has 0 aromatic heterocycles. The van der Waals surface area contributed by atoms with Gasteiger partial charge in [-0.15, -0.1) is 0 Å². The number of rotatable bonds is 6. The van der Waals surface area contributed by atoms with E-state index in [0.29, 0.717) is 13.2 Å². The molecule has 0 spiro atoms. The normalized spacial score (nSPS) is 14.8. The van der Waals surface area contributed by atoms with Gasteiger partial charge in [-0.25, -0.2) is 13.2 Å². The van der Waals surface area contributed by atoms with Crippen molar-refractivity contribution in [2.75, 3.05) is 44.0 Å². The van der Waals surface area contributed by atoms with Crippen molar-refractivity contribution >= 4 is 56.5 Å². The minimum Gasteiger partial charge on any atom is -0.452 e. The molecule has 1 saturated heterocycles. The van der Waals surface area contributed by atoms with Gasteiger partial charge in [0, 0.05) is 13.1 Å². The van der Waals surface area contributed by atoms with Crippen LogP contribution in [0.4, 0.5) is 11.4 Å². The number of nitrogens with zero attached hydrogens (tertiary/aromatic N) is 1. The lowest BCUT2D eigenvalue weighted by atomic mass is 10.2. The molecule has 0 saturated carbocycles. The number of morpholine rings is 1. The topological polar surface area (TPSA) is 128 Å². The van der Waals surface area contributed by atoms with E-state index in [0.717, 1.165) is 0 Å². The molecule has 1 aliphatic heterocycles. The molecule has 31 heavy (non-hydrogen) atoms. The van der Waals surface area contributed by atoms with Gasteiger partial charge in [0.25, 0.3) is 5.91 Å². The molecule has 1 heterocycles. The van der Waals surface area contributed by atoms with Crippen molar-refractivity contribution in [3.63, 3.8) is 0 Å². The average molecular weight is 488 g/mol. The summed E-state index contributed by atoms with van der Waals surface area (Å²) in [4.78, 5) is 24.3. The Morgan fingerprint density at radius 2 is 1.77 bits per heavy atom. The van der Waals surface area contributed by atoms with E-state index in [2.05, 4.69) is 5.32 Å². The first-order valence-corrected chi connectivity index (χ1v) is 11.3. The number of amides is 1. The van der Waals surface area contributed by atoms with Crippen LogP contribution in [-0.2, 0) is 24.3 Å². The number of benzene rings is 2. The van der Waals surface area contributed by atoms with Crippen LogP contribution < -0.4 is 11.1 Å². The second-order valence-electron chi connectivity index (χ2n) is 6.52. The van der Waals surface area contributed by atoms with Crippen molar-refractivity contribution in [3.8, 4) is 0 Å². The summed E-state index contributed by atoms with van der Waals surface area (Å²) < 4.78 is 37.0. The number of hydrogen-bond donors (Lipinski definition) is 2. The molecule has 12 heteroatoms. The number of esters is 1. The van der Waals surface area contributed by atoms with E-state index in [1.165, 1.54) is 40.7 Å². The zero-order valence-corrected chi connectivity index (χ0v) is 18.5. The zero-order valence-electron chi connectivity index (χ0n) is 16.1. The van der Waals surface area contributed by atoms with Crippen molar-refractivity contribution in [2.24, 2.45) is 0 Å². The largest absolute Gasteiger partial charge is 0.452 e. The Kier molecular flexibility index (Phi) is 7.39. The van der Waals surface area contributed by atoms with Gasteiger partial charge in [0.05, 0.1) is 45.1 Å². The van der Waals surface area contributed by atoms with Crippen LogP contribution in [0.1, 0.15) is 10.4 Å². The fraction of sp³-hybridized carbons (Fsp3) is 0.263. The van der Waals surface area contributed by atoms with Gasteiger partial charge in [-0.05, 0) is 36.4 Å². The number of halogens is 2. The highest BCUT2D eigenvalue weighted by Crippen LogP contribution is 2.27. The highest BCUT2D eigenvalue weighted by Gasteiger charge is 2.27. The maximum Gasteiger partial charge on any atom is 0.338 e. The summed E-state index contributed by atoms with van der Waals surface area (Å²) in [5, 5.41) is 2.87. The molecular weight excluding hydrogens is 469 g/mol. The van der Waals surface area contributed by atoms with Crippen LogP contribution in [0.3, 0.4) is 0 Å². The van der Waals surface area contributed by atoms with Gasteiger partial charge in [0.1, 0.15) is 0 Å². The van der Waals surface area contributed by atoms with Gasteiger partial charge in [0.15, 0.2) is 6.61 Å². The molecule has 0 bridgehead atoms. The van der Waals surface area contributed by atoms with Gasteiger partial charge < -0.3 is 20.5 Å². The molecular formula is C19H19Cl2N3O6S. The van der Waals surface area contributed by atoms with Gasteiger partial charge in [0.2, 0.25) is 10.0 Å². The van der Waals surface area contributed by atoms with Gasteiger partial charge >= 0.3 is 5.97 Å². The molecule has 2 aromatic carbocycles. The molecule has 0 aliphatic carbocycles. The first kappa shape index (κ1) is 23.3. The molecule has 1 fully saturated rings. The van der Waals surface area contributed by atoms with Crippen molar-refractivity contribution in [1.29, 1.82) is 0 Å². The Balaban J connectivity index is 1.66. The lowest BCUT2D eigenvalue weighted by Gasteiger charge is -2.26. The number of anilines is 2. The molecule has 3 N–H and O–H groups in total. The fourth-order valence-electron chi connectivity index (χ4n) is 2.77. The highest BCUT2D eigenvalue weighted by molar-refractivity contribution is 7.89. The molecule has 1 aliphatic rings. The predicted molar refractivity (Wildman–Crippen MR) is 116 cm³/mol. The molecule has 1 amide bonds. The van der Waals surface area contributed by atoms with E-state index in [1.807, 2.05) is 0 Å². The second-order valence-corrected chi connectivity index (χ2v) is 9.27. The lowest BCUT2D eigenvalue weighted by molar-refractivity contribution is -0.119. The summed E-state index contributed by atoms with van der Waals surface area (Å²) in [6.45, 7) is 0.468. The first-order chi connectivity index (χ1) is 14.7. The smallest absolute Gasteiger partial charge is 0.338 e. The monoisotopic (exact) mass is 487 g/mol. The summed E-state index contributed by atoms with van der Waals surface area (Å²) in [5.41, 5.74) is 6.05. The number of sulfonamides is 1. The van der Waals surface area contributed by atoms with Crippen LogP contribution in [0, 0.1) is 0 Å². The second kappa shape index (κ2) is 9.84.